The van der Waals surface area contributed by atoms with E-state index in [1.54, 1.807) is 7.11 Å². The van der Waals surface area contributed by atoms with Crippen molar-refractivity contribution in [1.29, 1.82) is 0 Å². The third kappa shape index (κ3) is 3.62. The number of piperidine rings is 1. The summed E-state index contributed by atoms with van der Waals surface area (Å²) >= 11 is 0. The molecule has 1 saturated heterocycles. The summed E-state index contributed by atoms with van der Waals surface area (Å²) in [5, 5.41) is 9.58. The summed E-state index contributed by atoms with van der Waals surface area (Å²) in [6, 6.07) is 7.65. The molecule has 0 saturated carbocycles. The molecule has 1 N–H and O–H groups in total. The second kappa shape index (κ2) is 6.61. The van der Waals surface area contributed by atoms with Gasteiger partial charge >= 0.3 is 0 Å². The summed E-state index contributed by atoms with van der Waals surface area (Å²) in [7, 11) is 1.64. The summed E-state index contributed by atoms with van der Waals surface area (Å²) in [6.45, 7) is 3.27. The highest BCUT2D eigenvalue weighted by molar-refractivity contribution is 5.39. The topological polar surface area (TPSA) is 41.9 Å². The van der Waals surface area contributed by atoms with Crippen molar-refractivity contribution in [2.75, 3.05) is 33.4 Å². The van der Waals surface area contributed by atoms with Gasteiger partial charge in [-0.25, -0.2) is 0 Å². The minimum absolute atomic E-state index is 0.176. The third-order valence-electron chi connectivity index (χ3n) is 3.21. The summed E-state index contributed by atoms with van der Waals surface area (Å²) in [5.74, 6) is 1.54. The first-order chi connectivity index (χ1) is 8.79. The van der Waals surface area contributed by atoms with Gasteiger partial charge in [0.2, 0.25) is 0 Å². The van der Waals surface area contributed by atoms with Gasteiger partial charge in [0.25, 0.3) is 0 Å². The zero-order valence-corrected chi connectivity index (χ0v) is 10.8. The number of aliphatic hydroxyl groups is 1. The Balaban J connectivity index is 1.77. The van der Waals surface area contributed by atoms with Gasteiger partial charge in [0.05, 0.1) is 13.2 Å². The van der Waals surface area contributed by atoms with Gasteiger partial charge in [-0.3, -0.25) is 4.90 Å². The summed E-state index contributed by atoms with van der Waals surface area (Å²) in [6.07, 6.45) is 1.81. The Bertz CT molecular complexity index is 370. The fourth-order valence-corrected chi connectivity index (χ4v) is 2.26. The average Bonchev–Trinajstić information content (AvgIpc) is 2.39. The molecule has 0 unspecified atom stereocenters. The van der Waals surface area contributed by atoms with E-state index in [-0.39, 0.29) is 6.10 Å². The molecule has 1 fully saturated rings. The van der Waals surface area contributed by atoms with Crippen LogP contribution in [0.2, 0.25) is 0 Å². The first-order valence-corrected chi connectivity index (χ1v) is 6.46. The lowest BCUT2D eigenvalue weighted by molar-refractivity contribution is 0.0630. The molecule has 4 nitrogen and oxygen atoms in total. The van der Waals surface area contributed by atoms with Crippen molar-refractivity contribution in [2.45, 2.75) is 18.9 Å². The second-order valence-corrected chi connectivity index (χ2v) is 4.60. The maximum absolute atomic E-state index is 9.58. The van der Waals surface area contributed by atoms with E-state index >= 15 is 0 Å². The second-order valence-electron chi connectivity index (χ2n) is 4.60. The van der Waals surface area contributed by atoms with Crippen LogP contribution in [0.3, 0.4) is 0 Å². The van der Waals surface area contributed by atoms with E-state index < -0.39 is 0 Å². The normalized spacial score (nSPS) is 20.7. The number of ether oxygens (including phenoxy) is 2. The molecule has 1 aliphatic rings. The predicted molar refractivity (Wildman–Crippen MR) is 70.2 cm³/mol. The van der Waals surface area contributed by atoms with Gasteiger partial charge < -0.3 is 14.6 Å². The van der Waals surface area contributed by atoms with Gasteiger partial charge in [-0.05, 0) is 31.5 Å². The van der Waals surface area contributed by atoms with Crippen LogP contribution < -0.4 is 9.47 Å². The van der Waals surface area contributed by atoms with Crippen molar-refractivity contribution in [3.8, 4) is 11.5 Å². The number of β-amino-alcohol motifs (C(OH)–C–C–N with tert-alkyl or cyclic N) is 1. The fraction of sp³-hybridized carbons (Fsp3) is 0.571. The lowest BCUT2D eigenvalue weighted by atomic mass is 10.1. The van der Waals surface area contributed by atoms with Crippen LogP contribution in [0, 0.1) is 0 Å². The van der Waals surface area contributed by atoms with Crippen LogP contribution in [0.15, 0.2) is 24.3 Å². The molecule has 100 valence electrons. The molecule has 0 bridgehead atoms. The maximum atomic E-state index is 9.58. The molecular weight excluding hydrogens is 230 g/mol. The Hall–Kier alpha value is -1.26. The smallest absolute Gasteiger partial charge is 0.161 e. The monoisotopic (exact) mass is 251 g/mol. The molecule has 4 heteroatoms. The SMILES string of the molecule is COc1ccccc1OCCN1CCC[C@H](O)C1. The van der Waals surface area contributed by atoms with Crippen LogP contribution in [-0.2, 0) is 0 Å². The molecule has 2 rings (SSSR count). The molecule has 0 amide bonds. The van der Waals surface area contributed by atoms with Crippen molar-refractivity contribution >= 4 is 0 Å². The van der Waals surface area contributed by atoms with E-state index in [1.807, 2.05) is 24.3 Å². The zero-order valence-electron chi connectivity index (χ0n) is 10.8. The first kappa shape index (κ1) is 13.2. The van der Waals surface area contributed by atoms with Crippen LogP contribution in [-0.4, -0.2) is 49.5 Å². The summed E-state index contributed by atoms with van der Waals surface area (Å²) in [4.78, 5) is 2.24. The van der Waals surface area contributed by atoms with Gasteiger partial charge in [-0.15, -0.1) is 0 Å². The summed E-state index contributed by atoms with van der Waals surface area (Å²) in [5.41, 5.74) is 0. The van der Waals surface area contributed by atoms with Crippen LogP contribution in [0.5, 0.6) is 11.5 Å². The van der Waals surface area contributed by atoms with E-state index in [0.29, 0.717) is 6.61 Å². The first-order valence-electron chi connectivity index (χ1n) is 6.46. The molecule has 0 spiro atoms. The number of benzene rings is 1. The Morgan fingerprint density at radius 3 is 2.83 bits per heavy atom. The van der Waals surface area contributed by atoms with Crippen LogP contribution >= 0.6 is 0 Å². The Kier molecular flexibility index (Phi) is 4.84. The number of nitrogens with zero attached hydrogens (tertiary/aromatic N) is 1. The maximum Gasteiger partial charge on any atom is 0.161 e. The van der Waals surface area contributed by atoms with E-state index in [9.17, 15) is 5.11 Å². The van der Waals surface area contributed by atoms with Crippen molar-refractivity contribution in [3.05, 3.63) is 24.3 Å². The molecule has 0 aliphatic carbocycles. The predicted octanol–water partition coefficient (Wildman–Crippen LogP) is 1.53. The minimum Gasteiger partial charge on any atom is -0.493 e. The lowest BCUT2D eigenvalue weighted by Gasteiger charge is -2.29. The van der Waals surface area contributed by atoms with Crippen LogP contribution in [0.1, 0.15) is 12.8 Å². The van der Waals surface area contributed by atoms with Crippen molar-refractivity contribution in [3.63, 3.8) is 0 Å². The number of para-hydroxylation sites is 2. The number of hydrogen-bond acceptors (Lipinski definition) is 4. The molecule has 0 aromatic heterocycles. The highest BCUT2D eigenvalue weighted by atomic mass is 16.5. The van der Waals surface area contributed by atoms with Crippen molar-refractivity contribution in [2.24, 2.45) is 0 Å². The molecule has 1 heterocycles. The Morgan fingerprint density at radius 2 is 2.11 bits per heavy atom. The van der Waals surface area contributed by atoms with Crippen LogP contribution in [0.4, 0.5) is 0 Å². The fourth-order valence-electron chi connectivity index (χ4n) is 2.26. The Morgan fingerprint density at radius 1 is 1.33 bits per heavy atom. The number of aliphatic hydroxyl groups excluding tert-OH is 1. The molecule has 1 aromatic rings. The lowest BCUT2D eigenvalue weighted by Crippen LogP contribution is -2.40. The Labute approximate surface area is 108 Å². The molecule has 0 radical (unpaired) electrons. The average molecular weight is 251 g/mol. The molecular formula is C14H21NO3. The molecule has 1 aliphatic heterocycles. The van der Waals surface area contributed by atoms with Crippen molar-refractivity contribution in [1.82, 2.24) is 4.90 Å². The van der Waals surface area contributed by atoms with Crippen LogP contribution in [0.25, 0.3) is 0 Å². The van der Waals surface area contributed by atoms with Crippen molar-refractivity contribution < 1.29 is 14.6 Å². The van der Waals surface area contributed by atoms with Gasteiger partial charge in [0.1, 0.15) is 6.61 Å². The largest absolute Gasteiger partial charge is 0.493 e. The number of rotatable bonds is 5. The summed E-state index contributed by atoms with van der Waals surface area (Å²) < 4.78 is 10.9. The van der Waals surface area contributed by atoms with E-state index in [4.69, 9.17) is 9.47 Å². The van der Waals surface area contributed by atoms with Gasteiger partial charge in [-0.1, -0.05) is 12.1 Å². The highest BCUT2D eigenvalue weighted by Crippen LogP contribution is 2.25. The van der Waals surface area contributed by atoms with Gasteiger partial charge in [-0.2, -0.15) is 0 Å². The highest BCUT2D eigenvalue weighted by Gasteiger charge is 2.17. The third-order valence-corrected chi connectivity index (χ3v) is 3.21. The minimum atomic E-state index is -0.176. The van der Waals surface area contributed by atoms with E-state index in [0.717, 1.165) is 44.0 Å². The number of methoxy groups -OCH3 is 1. The number of hydrogen-bond donors (Lipinski definition) is 1. The quantitative estimate of drug-likeness (QED) is 0.861. The van der Waals surface area contributed by atoms with E-state index in [2.05, 4.69) is 4.90 Å². The molecule has 18 heavy (non-hydrogen) atoms. The van der Waals surface area contributed by atoms with E-state index in [1.165, 1.54) is 0 Å². The molecule has 1 aromatic carbocycles. The molecule has 1 atom stereocenters. The van der Waals surface area contributed by atoms with Gasteiger partial charge in [0, 0.05) is 13.1 Å². The number of likely N-dealkylation sites (tertiary alicyclic amines) is 1. The zero-order chi connectivity index (χ0) is 12.8. The van der Waals surface area contributed by atoms with Gasteiger partial charge in [0.15, 0.2) is 11.5 Å². The standard InChI is InChI=1S/C14H21NO3/c1-17-13-6-2-3-7-14(13)18-10-9-15-8-4-5-12(16)11-15/h2-3,6-7,12,16H,4-5,8-11H2,1H3/t12-/m0/s1.